The maximum Gasteiger partial charge on any atom is 0.0909 e. The highest BCUT2D eigenvalue weighted by Crippen LogP contribution is 2.37. The van der Waals surface area contributed by atoms with Crippen molar-refractivity contribution in [3.8, 4) is 0 Å². The van der Waals surface area contributed by atoms with Crippen molar-refractivity contribution in [1.82, 2.24) is 0 Å². The summed E-state index contributed by atoms with van der Waals surface area (Å²) in [6.45, 7) is 23.1. The van der Waals surface area contributed by atoms with Crippen LogP contribution in [-0.2, 0) is 0 Å². The molecular formula is C30H38N2. The lowest BCUT2D eigenvalue weighted by Gasteiger charge is -2.26. The normalized spacial score (nSPS) is 11.2. The molecule has 0 aliphatic carbocycles. The first-order valence-electron chi connectivity index (χ1n) is 11.4. The average molecular weight is 427 g/mol. The zero-order valence-corrected chi connectivity index (χ0v) is 20.3. The molecule has 2 heteroatoms. The number of nitrogens with zero attached hydrogens (tertiary/aromatic N) is 1. The molecule has 0 radical (unpaired) electrons. The Labute approximate surface area is 195 Å². The Kier molecular flexibility index (Phi) is 9.38. The fourth-order valence-electron chi connectivity index (χ4n) is 3.80. The van der Waals surface area contributed by atoms with Crippen LogP contribution in [0, 0.1) is 5.92 Å². The van der Waals surface area contributed by atoms with Gasteiger partial charge in [-0.3, -0.25) is 0 Å². The van der Waals surface area contributed by atoms with Crippen molar-refractivity contribution in [1.29, 1.82) is 0 Å². The molecule has 2 rings (SSSR count). The molecule has 1 N–H and O–H groups in total. The van der Waals surface area contributed by atoms with E-state index in [1.54, 1.807) is 0 Å². The van der Waals surface area contributed by atoms with Crippen LogP contribution in [0.4, 0.5) is 11.4 Å². The van der Waals surface area contributed by atoms with Gasteiger partial charge in [0.25, 0.3) is 0 Å². The van der Waals surface area contributed by atoms with Gasteiger partial charge in [0.05, 0.1) is 5.70 Å². The van der Waals surface area contributed by atoms with Crippen LogP contribution in [0.2, 0.25) is 0 Å². The fourth-order valence-corrected chi connectivity index (χ4v) is 3.80. The second-order valence-corrected chi connectivity index (χ2v) is 8.39. The topological polar surface area (TPSA) is 15.3 Å². The van der Waals surface area contributed by atoms with E-state index in [9.17, 15) is 0 Å². The third-order valence-corrected chi connectivity index (χ3v) is 5.93. The summed E-state index contributed by atoms with van der Waals surface area (Å²) in [7, 11) is 2.05. The molecule has 2 aromatic carbocycles. The van der Waals surface area contributed by atoms with Gasteiger partial charge in [0.1, 0.15) is 0 Å². The van der Waals surface area contributed by atoms with Gasteiger partial charge in [0, 0.05) is 35.2 Å². The third-order valence-electron chi connectivity index (χ3n) is 5.93. The molecule has 2 nitrogen and oxygen atoms in total. The summed E-state index contributed by atoms with van der Waals surface area (Å²) in [6.07, 6.45) is 3.99. The van der Waals surface area contributed by atoms with Crippen molar-refractivity contribution in [2.45, 2.75) is 46.5 Å². The molecule has 1 atom stereocenters. The quantitative estimate of drug-likeness (QED) is 0.270. The van der Waals surface area contributed by atoms with Crippen LogP contribution in [0.5, 0.6) is 0 Å². The molecule has 2 aromatic rings. The minimum atomic E-state index is 0.395. The summed E-state index contributed by atoms with van der Waals surface area (Å²) >= 11 is 0. The summed E-state index contributed by atoms with van der Waals surface area (Å²) in [6, 6.07) is 16.7. The van der Waals surface area contributed by atoms with Crippen LogP contribution in [0.3, 0.4) is 0 Å². The summed E-state index contributed by atoms with van der Waals surface area (Å²) < 4.78 is 0. The number of nitrogens with one attached hydrogen (secondary N) is 1. The molecule has 0 saturated heterocycles. The van der Waals surface area contributed by atoms with Gasteiger partial charge < -0.3 is 10.2 Å². The Morgan fingerprint density at radius 3 is 2.31 bits per heavy atom. The van der Waals surface area contributed by atoms with E-state index < -0.39 is 0 Å². The fraction of sp³-hybridized carbons (Fsp3) is 0.300. The van der Waals surface area contributed by atoms with E-state index in [0.29, 0.717) is 5.92 Å². The lowest BCUT2D eigenvalue weighted by atomic mass is 9.86. The van der Waals surface area contributed by atoms with Gasteiger partial charge in [-0.25, -0.2) is 0 Å². The van der Waals surface area contributed by atoms with Crippen LogP contribution in [0.25, 0.3) is 11.3 Å². The Balaban J connectivity index is 2.48. The first kappa shape index (κ1) is 25.0. The molecule has 0 fully saturated rings. The van der Waals surface area contributed by atoms with Crippen LogP contribution >= 0.6 is 0 Å². The predicted octanol–water partition coefficient (Wildman–Crippen LogP) is 8.68. The molecule has 0 aliphatic rings. The van der Waals surface area contributed by atoms with E-state index in [2.05, 4.69) is 100 Å². The second-order valence-electron chi connectivity index (χ2n) is 8.39. The van der Waals surface area contributed by atoms with Crippen molar-refractivity contribution in [2.75, 3.05) is 17.3 Å². The predicted molar refractivity (Wildman–Crippen MR) is 144 cm³/mol. The highest BCUT2D eigenvalue weighted by atomic mass is 15.1. The van der Waals surface area contributed by atoms with Gasteiger partial charge >= 0.3 is 0 Å². The SMILES string of the molecule is C=C=C(c1ccccc1)N(C)c1ccc(NC(=C)CC)c(C(=C)C(CC)CCC(=C)C)c1. The van der Waals surface area contributed by atoms with Gasteiger partial charge in [-0.15, -0.1) is 12.3 Å². The van der Waals surface area contributed by atoms with E-state index >= 15 is 0 Å². The Bertz CT molecular complexity index is 1010. The van der Waals surface area contributed by atoms with Crippen molar-refractivity contribution >= 4 is 22.6 Å². The molecule has 0 heterocycles. The smallest absolute Gasteiger partial charge is 0.0909 e. The van der Waals surface area contributed by atoms with Crippen molar-refractivity contribution in [3.05, 3.63) is 103 Å². The van der Waals surface area contributed by atoms with E-state index in [-0.39, 0.29) is 0 Å². The summed E-state index contributed by atoms with van der Waals surface area (Å²) in [5, 5.41) is 3.50. The van der Waals surface area contributed by atoms with Crippen LogP contribution in [-0.4, -0.2) is 7.05 Å². The van der Waals surface area contributed by atoms with Crippen molar-refractivity contribution in [2.24, 2.45) is 5.92 Å². The largest absolute Gasteiger partial charge is 0.359 e. The number of anilines is 2. The van der Waals surface area contributed by atoms with Gasteiger partial charge in [0.2, 0.25) is 0 Å². The zero-order valence-electron chi connectivity index (χ0n) is 20.3. The molecule has 168 valence electrons. The third kappa shape index (κ3) is 6.39. The number of hydrogen-bond acceptors (Lipinski definition) is 2. The lowest BCUT2D eigenvalue weighted by molar-refractivity contribution is 0.588. The van der Waals surface area contributed by atoms with Gasteiger partial charge in [-0.1, -0.05) is 69.5 Å². The molecular weight excluding hydrogens is 388 g/mol. The van der Waals surface area contributed by atoms with E-state index in [1.165, 1.54) is 5.57 Å². The molecule has 0 bridgehead atoms. The van der Waals surface area contributed by atoms with Gasteiger partial charge in [-0.05, 0) is 62.3 Å². The Hall–Kier alpha value is -3.22. The number of benzene rings is 2. The average Bonchev–Trinajstić information content (AvgIpc) is 2.80. The van der Waals surface area contributed by atoms with E-state index in [4.69, 9.17) is 0 Å². The highest BCUT2D eigenvalue weighted by Gasteiger charge is 2.18. The van der Waals surface area contributed by atoms with E-state index in [1.807, 2.05) is 18.2 Å². The molecule has 0 aliphatic heterocycles. The lowest BCUT2D eigenvalue weighted by Crippen LogP contribution is -2.16. The Morgan fingerprint density at radius 2 is 1.75 bits per heavy atom. The maximum atomic E-state index is 4.54. The minimum absolute atomic E-state index is 0.395. The summed E-state index contributed by atoms with van der Waals surface area (Å²) in [5.74, 6) is 0.395. The highest BCUT2D eigenvalue weighted by molar-refractivity contribution is 5.84. The first-order valence-corrected chi connectivity index (χ1v) is 11.4. The monoisotopic (exact) mass is 426 g/mol. The van der Waals surface area contributed by atoms with Gasteiger partial charge in [0.15, 0.2) is 0 Å². The van der Waals surface area contributed by atoms with Crippen molar-refractivity contribution in [3.63, 3.8) is 0 Å². The summed E-state index contributed by atoms with van der Waals surface area (Å²) in [5.41, 5.74) is 11.8. The van der Waals surface area contributed by atoms with Crippen LogP contribution in [0.15, 0.2) is 91.8 Å². The Morgan fingerprint density at radius 1 is 1.06 bits per heavy atom. The number of allylic oxidation sites excluding steroid dienone is 3. The molecule has 0 aromatic heterocycles. The summed E-state index contributed by atoms with van der Waals surface area (Å²) in [4.78, 5) is 2.13. The maximum absolute atomic E-state index is 4.54. The number of hydrogen-bond donors (Lipinski definition) is 1. The molecule has 1 unspecified atom stereocenters. The zero-order chi connectivity index (χ0) is 23.7. The molecule has 0 saturated carbocycles. The minimum Gasteiger partial charge on any atom is -0.359 e. The van der Waals surface area contributed by atoms with Crippen LogP contribution < -0.4 is 10.2 Å². The van der Waals surface area contributed by atoms with Gasteiger partial charge in [-0.2, -0.15) is 0 Å². The molecule has 0 amide bonds. The standard InChI is InChI=1S/C30H38N2/c1-9-23(6)31-29-20-19-27(32(8)30(11-3)26-15-13-12-14-16-26)21-28(29)24(7)25(10-2)18-17-22(4)5/h12-16,19-21,25,31H,3-4,6-7,9-10,17-18H2,1-2,5,8H3. The number of rotatable bonds is 12. The van der Waals surface area contributed by atoms with Crippen molar-refractivity contribution < 1.29 is 0 Å². The van der Waals surface area contributed by atoms with E-state index in [0.717, 1.165) is 65.2 Å². The first-order chi connectivity index (χ1) is 15.3. The second kappa shape index (κ2) is 12.0. The van der Waals surface area contributed by atoms with Crippen LogP contribution in [0.1, 0.15) is 57.6 Å². The molecule has 0 spiro atoms. The molecule has 32 heavy (non-hydrogen) atoms.